The van der Waals surface area contributed by atoms with Crippen molar-refractivity contribution in [3.63, 3.8) is 0 Å². The predicted molar refractivity (Wildman–Crippen MR) is 72.4 cm³/mol. The standard InChI is InChI=1S/C13H14N2OS/c1-10(16)17-7-3-2-4-11-5-6-13(15)8-12(11)9-14/h2,4-6,8H,3,7,15H2,1H3. The summed E-state index contributed by atoms with van der Waals surface area (Å²) in [5.41, 5.74) is 7.61. The molecule has 88 valence electrons. The fourth-order valence-corrected chi connectivity index (χ4v) is 1.84. The van der Waals surface area contributed by atoms with Gasteiger partial charge in [0, 0.05) is 18.4 Å². The van der Waals surface area contributed by atoms with E-state index < -0.39 is 0 Å². The van der Waals surface area contributed by atoms with Gasteiger partial charge < -0.3 is 5.73 Å². The predicted octanol–water partition coefficient (Wildman–Crippen LogP) is 2.82. The average molecular weight is 246 g/mol. The number of nitriles is 1. The smallest absolute Gasteiger partial charge is 0.185 e. The third-order valence-corrected chi connectivity index (χ3v) is 2.93. The molecule has 0 radical (unpaired) electrons. The summed E-state index contributed by atoms with van der Waals surface area (Å²) in [6.45, 7) is 1.56. The quantitative estimate of drug-likeness (QED) is 0.655. The van der Waals surface area contributed by atoms with Crippen LogP contribution in [0.3, 0.4) is 0 Å². The van der Waals surface area contributed by atoms with Gasteiger partial charge in [-0.05, 0) is 24.1 Å². The van der Waals surface area contributed by atoms with Crippen LogP contribution in [0.1, 0.15) is 24.5 Å². The van der Waals surface area contributed by atoms with E-state index in [2.05, 4.69) is 6.07 Å². The summed E-state index contributed by atoms with van der Waals surface area (Å²) in [4.78, 5) is 10.7. The van der Waals surface area contributed by atoms with Crippen LogP contribution in [-0.2, 0) is 4.79 Å². The maximum absolute atomic E-state index is 10.7. The van der Waals surface area contributed by atoms with Gasteiger partial charge in [0.1, 0.15) is 0 Å². The molecule has 0 saturated carbocycles. The molecule has 0 spiro atoms. The fraction of sp³-hybridized carbons (Fsp3) is 0.231. The lowest BCUT2D eigenvalue weighted by atomic mass is 10.1. The Balaban J connectivity index is 2.59. The molecule has 0 heterocycles. The number of thioether (sulfide) groups is 1. The molecule has 1 rings (SSSR count). The van der Waals surface area contributed by atoms with Gasteiger partial charge in [0.15, 0.2) is 5.12 Å². The minimum Gasteiger partial charge on any atom is -0.399 e. The van der Waals surface area contributed by atoms with Crippen LogP contribution < -0.4 is 5.73 Å². The third kappa shape index (κ3) is 4.75. The van der Waals surface area contributed by atoms with Crippen molar-refractivity contribution in [3.8, 4) is 6.07 Å². The van der Waals surface area contributed by atoms with E-state index in [1.54, 1.807) is 19.1 Å². The molecule has 0 atom stereocenters. The largest absolute Gasteiger partial charge is 0.399 e. The number of hydrogen-bond acceptors (Lipinski definition) is 4. The van der Waals surface area contributed by atoms with E-state index in [0.29, 0.717) is 11.3 Å². The summed E-state index contributed by atoms with van der Waals surface area (Å²) in [5.74, 6) is 0.767. The minimum atomic E-state index is 0.128. The highest BCUT2D eigenvalue weighted by Gasteiger charge is 1.98. The lowest BCUT2D eigenvalue weighted by molar-refractivity contribution is -0.109. The van der Waals surface area contributed by atoms with E-state index in [1.807, 2.05) is 18.2 Å². The van der Waals surface area contributed by atoms with Crippen LogP contribution in [0, 0.1) is 11.3 Å². The zero-order chi connectivity index (χ0) is 12.7. The van der Waals surface area contributed by atoms with Gasteiger partial charge >= 0.3 is 0 Å². The van der Waals surface area contributed by atoms with Crippen molar-refractivity contribution < 1.29 is 4.79 Å². The molecule has 0 aliphatic heterocycles. The first-order valence-electron chi connectivity index (χ1n) is 5.23. The van der Waals surface area contributed by atoms with Gasteiger partial charge in [-0.25, -0.2) is 0 Å². The van der Waals surface area contributed by atoms with Crippen molar-refractivity contribution in [1.29, 1.82) is 5.26 Å². The van der Waals surface area contributed by atoms with Gasteiger partial charge in [0.05, 0.1) is 11.6 Å². The second kappa shape index (κ2) is 6.77. The maximum Gasteiger partial charge on any atom is 0.185 e. The van der Waals surface area contributed by atoms with Crippen LogP contribution in [0.25, 0.3) is 6.08 Å². The number of nitrogens with two attached hydrogens (primary N) is 1. The first-order valence-corrected chi connectivity index (χ1v) is 6.21. The highest BCUT2D eigenvalue weighted by atomic mass is 32.2. The molecular weight excluding hydrogens is 232 g/mol. The van der Waals surface area contributed by atoms with E-state index >= 15 is 0 Å². The molecule has 1 aromatic rings. The van der Waals surface area contributed by atoms with E-state index in [-0.39, 0.29) is 5.12 Å². The number of hydrogen-bond donors (Lipinski definition) is 1. The lowest BCUT2D eigenvalue weighted by Gasteiger charge is -1.99. The number of benzene rings is 1. The minimum absolute atomic E-state index is 0.128. The molecule has 4 heteroatoms. The Morgan fingerprint density at radius 1 is 1.59 bits per heavy atom. The Bertz CT molecular complexity index is 475. The molecule has 1 aromatic carbocycles. The Morgan fingerprint density at radius 3 is 3.00 bits per heavy atom. The van der Waals surface area contributed by atoms with Crippen molar-refractivity contribution >= 4 is 28.6 Å². The van der Waals surface area contributed by atoms with E-state index in [4.69, 9.17) is 11.0 Å². The van der Waals surface area contributed by atoms with Gasteiger partial charge in [-0.3, -0.25) is 4.79 Å². The normalized spacial score (nSPS) is 10.4. The Labute approximate surface area is 105 Å². The summed E-state index contributed by atoms with van der Waals surface area (Å²) in [6, 6.07) is 7.35. The Morgan fingerprint density at radius 2 is 2.35 bits per heavy atom. The molecule has 2 N–H and O–H groups in total. The van der Waals surface area contributed by atoms with Crippen molar-refractivity contribution in [3.05, 3.63) is 35.4 Å². The molecular formula is C13H14N2OS. The van der Waals surface area contributed by atoms with Crippen LogP contribution in [0.5, 0.6) is 0 Å². The molecule has 0 aliphatic carbocycles. The van der Waals surface area contributed by atoms with Crippen molar-refractivity contribution in [2.75, 3.05) is 11.5 Å². The van der Waals surface area contributed by atoms with Crippen LogP contribution in [0.4, 0.5) is 5.69 Å². The summed E-state index contributed by atoms with van der Waals surface area (Å²) < 4.78 is 0. The maximum atomic E-state index is 10.7. The van der Waals surface area contributed by atoms with Gasteiger partial charge in [-0.2, -0.15) is 5.26 Å². The van der Waals surface area contributed by atoms with Gasteiger partial charge in [0.25, 0.3) is 0 Å². The topological polar surface area (TPSA) is 66.9 Å². The Kier molecular flexibility index (Phi) is 5.31. The van der Waals surface area contributed by atoms with E-state index in [0.717, 1.165) is 17.7 Å². The van der Waals surface area contributed by atoms with Crippen molar-refractivity contribution in [1.82, 2.24) is 0 Å². The fourth-order valence-electron chi connectivity index (χ4n) is 1.30. The summed E-state index contributed by atoms with van der Waals surface area (Å²) in [5, 5.41) is 9.06. The zero-order valence-electron chi connectivity index (χ0n) is 9.64. The average Bonchev–Trinajstić information content (AvgIpc) is 2.29. The first-order chi connectivity index (χ1) is 8.13. The van der Waals surface area contributed by atoms with Crippen LogP contribution in [0.2, 0.25) is 0 Å². The van der Waals surface area contributed by atoms with Crippen LogP contribution in [-0.4, -0.2) is 10.9 Å². The SMILES string of the molecule is CC(=O)SCCC=Cc1ccc(N)cc1C#N. The van der Waals surface area contributed by atoms with E-state index in [9.17, 15) is 4.79 Å². The van der Waals surface area contributed by atoms with Crippen molar-refractivity contribution in [2.45, 2.75) is 13.3 Å². The molecule has 0 aliphatic rings. The highest BCUT2D eigenvalue weighted by Crippen LogP contribution is 2.15. The third-order valence-electron chi connectivity index (χ3n) is 2.09. The molecule has 0 saturated heterocycles. The second-order valence-corrected chi connectivity index (χ2v) is 4.76. The number of allylic oxidation sites excluding steroid dienone is 1. The number of carbonyl (C=O) groups is 1. The monoisotopic (exact) mass is 246 g/mol. The number of carbonyl (C=O) groups excluding carboxylic acids is 1. The van der Waals surface area contributed by atoms with Gasteiger partial charge in [0.2, 0.25) is 0 Å². The molecule has 0 bridgehead atoms. The van der Waals surface area contributed by atoms with E-state index in [1.165, 1.54) is 11.8 Å². The molecule has 17 heavy (non-hydrogen) atoms. The zero-order valence-corrected chi connectivity index (χ0v) is 10.5. The van der Waals surface area contributed by atoms with Gasteiger partial charge in [-0.15, -0.1) is 0 Å². The number of nitrogen functional groups attached to an aromatic ring is 1. The second-order valence-electron chi connectivity index (χ2n) is 3.49. The van der Waals surface area contributed by atoms with Crippen LogP contribution in [0.15, 0.2) is 24.3 Å². The molecule has 0 aromatic heterocycles. The van der Waals surface area contributed by atoms with Crippen LogP contribution >= 0.6 is 11.8 Å². The lowest BCUT2D eigenvalue weighted by Crippen LogP contribution is -1.88. The summed E-state index contributed by atoms with van der Waals surface area (Å²) >= 11 is 1.30. The summed E-state index contributed by atoms with van der Waals surface area (Å²) in [6.07, 6.45) is 4.65. The molecule has 0 unspecified atom stereocenters. The number of anilines is 1. The summed E-state index contributed by atoms with van der Waals surface area (Å²) in [7, 11) is 0. The number of rotatable bonds is 4. The molecule has 0 fully saturated rings. The first kappa shape index (κ1) is 13.3. The highest BCUT2D eigenvalue weighted by molar-refractivity contribution is 8.13. The molecule has 3 nitrogen and oxygen atoms in total. The van der Waals surface area contributed by atoms with Crippen molar-refractivity contribution in [2.24, 2.45) is 0 Å². The number of nitrogens with zero attached hydrogens (tertiary/aromatic N) is 1. The molecule has 0 amide bonds. The van der Waals surface area contributed by atoms with Gasteiger partial charge in [-0.1, -0.05) is 30.0 Å². The Hall–Kier alpha value is -1.73.